The van der Waals surface area contributed by atoms with Crippen LogP contribution in [0.15, 0.2) is 53.9 Å². The van der Waals surface area contributed by atoms with E-state index in [1.807, 2.05) is 19.1 Å². The van der Waals surface area contributed by atoms with Crippen molar-refractivity contribution < 1.29 is 9.18 Å². The van der Waals surface area contributed by atoms with Crippen molar-refractivity contribution in [2.75, 3.05) is 5.32 Å². The van der Waals surface area contributed by atoms with E-state index >= 15 is 0 Å². The fourth-order valence-corrected chi connectivity index (χ4v) is 2.83. The molecule has 7 heteroatoms. The summed E-state index contributed by atoms with van der Waals surface area (Å²) >= 11 is 1.52. The maximum Gasteiger partial charge on any atom is 0.255 e. The van der Waals surface area contributed by atoms with Gasteiger partial charge in [-0.05, 0) is 42.3 Å². The molecule has 2 aromatic carbocycles. The van der Waals surface area contributed by atoms with E-state index in [0.717, 1.165) is 16.3 Å². The first kappa shape index (κ1) is 16.2. The number of H-pyrrole nitrogens is 1. The van der Waals surface area contributed by atoms with Crippen LogP contribution in [0.3, 0.4) is 0 Å². The number of halogens is 1. The van der Waals surface area contributed by atoms with Crippen LogP contribution in [0.25, 0.3) is 0 Å². The van der Waals surface area contributed by atoms with Crippen molar-refractivity contribution in [2.24, 2.45) is 0 Å². The van der Waals surface area contributed by atoms with Crippen LogP contribution in [0.5, 0.6) is 0 Å². The average Bonchev–Trinajstić information content (AvgIpc) is 3.10. The number of thioether (sulfide) groups is 1. The Bertz CT molecular complexity index is 834. The summed E-state index contributed by atoms with van der Waals surface area (Å²) in [6, 6.07) is 11.8. The summed E-state index contributed by atoms with van der Waals surface area (Å²) in [7, 11) is 0. The van der Waals surface area contributed by atoms with Crippen molar-refractivity contribution >= 4 is 23.4 Å². The molecule has 24 heavy (non-hydrogen) atoms. The number of aryl methyl sites for hydroxylation is 1. The van der Waals surface area contributed by atoms with Crippen molar-refractivity contribution in [3.63, 3.8) is 0 Å². The van der Waals surface area contributed by atoms with Gasteiger partial charge in [-0.1, -0.05) is 30.0 Å². The van der Waals surface area contributed by atoms with Crippen molar-refractivity contribution in [2.45, 2.75) is 17.8 Å². The molecule has 2 N–H and O–H groups in total. The maximum atomic E-state index is 13.7. The zero-order valence-corrected chi connectivity index (χ0v) is 13.7. The number of amides is 1. The molecule has 0 aliphatic carbocycles. The lowest BCUT2D eigenvalue weighted by Gasteiger charge is -2.08. The Labute approximate surface area is 142 Å². The molecule has 0 saturated heterocycles. The lowest BCUT2D eigenvalue weighted by molar-refractivity contribution is 0.102. The summed E-state index contributed by atoms with van der Waals surface area (Å²) in [4.78, 5) is 16.3. The fourth-order valence-electron chi connectivity index (χ4n) is 2.10. The van der Waals surface area contributed by atoms with Crippen LogP contribution in [0, 0.1) is 12.7 Å². The minimum atomic E-state index is -0.450. The van der Waals surface area contributed by atoms with Crippen LogP contribution in [-0.4, -0.2) is 21.1 Å². The smallest absolute Gasteiger partial charge is 0.255 e. The number of carbonyl (C=O) groups excluding carboxylic acids is 1. The van der Waals surface area contributed by atoms with E-state index in [9.17, 15) is 9.18 Å². The van der Waals surface area contributed by atoms with Crippen molar-refractivity contribution in [1.82, 2.24) is 15.2 Å². The van der Waals surface area contributed by atoms with Gasteiger partial charge in [-0.15, -0.1) is 0 Å². The third kappa shape index (κ3) is 3.99. The Kier molecular flexibility index (Phi) is 4.90. The number of hydrogen-bond acceptors (Lipinski definition) is 4. The Hall–Kier alpha value is -2.67. The molecule has 1 aromatic heterocycles. The molecule has 1 heterocycles. The molecule has 122 valence electrons. The monoisotopic (exact) mass is 342 g/mol. The molecule has 0 saturated carbocycles. The van der Waals surface area contributed by atoms with E-state index in [0.29, 0.717) is 11.3 Å². The first-order valence-electron chi connectivity index (χ1n) is 7.26. The number of rotatable bonds is 5. The highest BCUT2D eigenvalue weighted by molar-refractivity contribution is 7.98. The average molecular weight is 342 g/mol. The summed E-state index contributed by atoms with van der Waals surface area (Å²) in [5.41, 5.74) is 2.59. The number of carbonyl (C=O) groups is 1. The number of nitrogens with zero attached hydrogens (tertiary/aromatic N) is 2. The normalized spacial score (nSPS) is 10.6. The second-order valence-electron chi connectivity index (χ2n) is 5.21. The van der Waals surface area contributed by atoms with Crippen LogP contribution in [0.1, 0.15) is 21.5 Å². The summed E-state index contributed by atoms with van der Waals surface area (Å²) < 4.78 is 13.7. The Morgan fingerprint density at radius 2 is 2.04 bits per heavy atom. The Balaban J connectivity index is 1.64. The third-order valence-electron chi connectivity index (χ3n) is 3.35. The number of aromatic nitrogens is 3. The summed E-state index contributed by atoms with van der Waals surface area (Å²) in [5, 5.41) is 9.90. The van der Waals surface area contributed by atoms with Crippen LogP contribution < -0.4 is 5.32 Å². The third-order valence-corrected chi connectivity index (χ3v) is 4.30. The molecule has 3 aromatic rings. The molecule has 3 rings (SSSR count). The molecule has 0 fully saturated rings. The van der Waals surface area contributed by atoms with E-state index in [4.69, 9.17) is 0 Å². The zero-order chi connectivity index (χ0) is 16.9. The van der Waals surface area contributed by atoms with Gasteiger partial charge in [-0.3, -0.25) is 9.89 Å². The molecular weight excluding hydrogens is 327 g/mol. The van der Waals surface area contributed by atoms with E-state index in [2.05, 4.69) is 20.5 Å². The molecular formula is C17H15FN4OS. The van der Waals surface area contributed by atoms with Crippen LogP contribution in [0.4, 0.5) is 10.1 Å². The second kappa shape index (κ2) is 7.27. The van der Waals surface area contributed by atoms with Gasteiger partial charge in [0, 0.05) is 11.3 Å². The molecule has 0 spiro atoms. The highest BCUT2D eigenvalue weighted by Gasteiger charge is 2.10. The Morgan fingerprint density at radius 3 is 2.75 bits per heavy atom. The van der Waals surface area contributed by atoms with Gasteiger partial charge in [0.1, 0.15) is 12.1 Å². The van der Waals surface area contributed by atoms with Crippen LogP contribution >= 0.6 is 11.8 Å². The summed E-state index contributed by atoms with van der Waals surface area (Å²) in [6.07, 6.45) is 1.46. The van der Waals surface area contributed by atoms with Gasteiger partial charge >= 0.3 is 0 Å². The highest BCUT2D eigenvalue weighted by atomic mass is 32.2. The number of hydrogen-bond donors (Lipinski definition) is 2. The predicted octanol–water partition coefficient (Wildman–Crippen LogP) is 3.80. The number of anilines is 1. The van der Waals surface area contributed by atoms with Gasteiger partial charge in [0.15, 0.2) is 5.16 Å². The minimum absolute atomic E-state index is 0.185. The zero-order valence-electron chi connectivity index (χ0n) is 12.9. The summed E-state index contributed by atoms with van der Waals surface area (Å²) in [6.45, 7) is 1.84. The van der Waals surface area contributed by atoms with Crippen molar-refractivity contribution in [3.8, 4) is 0 Å². The van der Waals surface area contributed by atoms with Gasteiger partial charge in [-0.2, -0.15) is 5.10 Å². The lowest BCUT2D eigenvalue weighted by atomic mass is 10.1. The van der Waals surface area contributed by atoms with E-state index < -0.39 is 5.82 Å². The van der Waals surface area contributed by atoms with E-state index in [1.54, 1.807) is 24.3 Å². The van der Waals surface area contributed by atoms with Gasteiger partial charge in [0.25, 0.3) is 5.91 Å². The SMILES string of the molecule is Cc1ccc(F)c(NC(=O)c2ccc(CSc3ncn[nH]3)cc2)c1. The summed E-state index contributed by atoms with van der Waals surface area (Å²) in [5.74, 6) is -0.0770. The molecule has 0 aliphatic heterocycles. The molecule has 5 nitrogen and oxygen atoms in total. The van der Waals surface area contributed by atoms with Crippen LogP contribution in [0.2, 0.25) is 0 Å². The molecule has 0 atom stereocenters. The predicted molar refractivity (Wildman–Crippen MR) is 91.5 cm³/mol. The standard InChI is InChI=1S/C17H15FN4OS/c1-11-2-7-14(18)15(8-11)21-16(23)13-5-3-12(4-6-13)9-24-17-19-10-20-22-17/h2-8,10H,9H2,1H3,(H,21,23)(H,19,20,22). The number of nitrogens with one attached hydrogen (secondary N) is 2. The second-order valence-corrected chi connectivity index (χ2v) is 6.18. The Morgan fingerprint density at radius 1 is 1.25 bits per heavy atom. The van der Waals surface area contributed by atoms with E-state index in [1.165, 1.54) is 24.2 Å². The molecule has 0 bridgehead atoms. The van der Waals surface area contributed by atoms with Gasteiger partial charge in [-0.25, -0.2) is 9.37 Å². The first-order chi connectivity index (χ1) is 11.6. The quantitative estimate of drug-likeness (QED) is 0.692. The largest absolute Gasteiger partial charge is 0.319 e. The molecule has 1 amide bonds. The van der Waals surface area contributed by atoms with Crippen molar-refractivity contribution in [3.05, 3.63) is 71.3 Å². The number of aromatic amines is 1. The first-order valence-corrected chi connectivity index (χ1v) is 8.25. The van der Waals surface area contributed by atoms with Gasteiger partial charge < -0.3 is 5.32 Å². The molecule has 0 aliphatic rings. The molecule has 0 radical (unpaired) electrons. The molecule has 0 unspecified atom stereocenters. The number of benzene rings is 2. The van der Waals surface area contributed by atoms with E-state index in [-0.39, 0.29) is 11.6 Å². The maximum absolute atomic E-state index is 13.7. The topological polar surface area (TPSA) is 70.7 Å². The lowest BCUT2D eigenvalue weighted by Crippen LogP contribution is -2.13. The minimum Gasteiger partial charge on any atom is -0.319 e. The van der Waals surface area contributed by atoms with Crippen molar-refractivity contribution in [1.29, 1.82) is 0 Å². The fraction of sp³-hybridized carbons (Fsp3) is 0.118. The van der Waals surface area contributed by atoms with Crippen LogP contribution in [-0.2, 0) is 5.75 Å². The van der Waals surface area contributed by atoms with Gasteiger partial charge in [0.2, 0.25) is 0 Å². The van der Waals surface area contributed by atoms with Gasteiger partial charge in [0.05, 0.1) is 5.69 Å². The highest BCUT2D eigenvalue weighted by Crippen LogP contribution is 2.20.